The molecule has 0 spiro atoms. The molecule has 1 N–H and O–H groups in total. The first-order chi connectivity index (χ1) is 13.4. The monoisotopic (exact) mass is 401 g/mol. The van der Waals surface area contributed by atoms with E-state index in [4.69, 9.17) is 16.3 Å². The van der Waals surface area contributed by atoms with Crippen molar-refractivity contribution in [3.05, 3.63) is 64.2 Å². The van der Waals surface area contributed by atoms with Crippen molar-refractivity contribution in [1.29, 1.82) is 0 Å². The Morgan fingerprint density at radius 2 is 1.75 bits per heavy atom. The number of nitrogens with one attached hydrogen (secondary N) is 1. The van der Waals surface area contributed by atoms with Gasteiger partial charge in [0.1, 0.15) is 0 Å². The Bertz CT molecular complexity index is 846. The van der Waals surface area contributed by atoms with Gasteiger partial charge in [0.2, 0.25) is 0 Å². The lowest BCUT2D eigenvalue weighted by atomic mass is 10.0. The molecule has 0 heterocycles. The maximum absolute atomic E-state index is 12.2. The van der Waals surface area contributed by atoms with Crippen LogP contribution in [-0.2, 0) is 20.7 Å². The molecule has 0 aliphatic carbocycles. The van der Waals surface area contributed by atoms with E-state index in [9.17, 15) is 14.4 Å². The predicted molar refractivity (Wildman–Crippen MR) is 110 cm³/mol. The highest BCUT2D eigenvalue weighted by Crippen LogP contribution is 2.19. The number of hydrogen-bond donors (Lipinski definition) is 1. The molecule has 0 fully saturated rings. The van der Waals surface area contributed by atoms with E-state index in [-0.39, 0.29) is 18.6 Å². The Morgan fingerprint density at radius 1 is 1.04 bits per heavy atom. The number of halogens is 1. The van der Waals surface area contributed by atoms with E-state index in [1.807, 2.05) is 19.1 Å². The van der Waals surface area contributed by atoms with Crippen LogP contribution in [0.3, 0.4) is 0 Å². The standard InChI is InChI=1S/C22H24ClNO4/c1-3-4-16-5-7-17(8-6-16)20(25)11-12-22(27)28-14-21(26)24-19-10-9-18(23)13-15(19)2/h5-10,13H,3-4,11-12,14H2,1-2H3,(H,24,26). The molecule has 0 bridgehead atoms. The highest BCUT2D eigenvalue weighted by molar-refractivity contribution is 6.30. The minimum Gasteiger partial charge on any atom is -0.456 e. The Balaban J connectivity index is 1.74. The quantitative estimate of drug-likeness (QED) is 0.486. The van der Waals surface area contributed by atoms with Gasteiger partial charge < -0.3 is 10.1 Å². The van der Waals surface area contributed by atoms with Crippen molar-refractivity contribution in [2.45, 2.75) is 39.5 Å². The molecule has 2 aromatic rings. The van der Waals surface area contributed by atoms with E-state index in [0.717, 1.165) is 18.4 Å². The van der Waals surface area contributed by atoms with Gasteiger partial charge in [-0.3, -0.25) is 14.4 Å². The van der Waals surface area contributed by atoms with Crippen LogP contribution in [0.15, 0.2) is 42.5 Å². The van der Waals surface area contributed by atoms with Crippen LogP contribution in [0.1, 0.15) is 47.7 Å². The molecule has 0 aromatic heterocycles. The molecule has 0 unspecified atom stereocenters. The summed E-state index contributed by atoms with van der Waals surface area (Å²) in [7, 11) is 0. The normalized spacial score (nSPS) is 10.4. The zero-order valence-electron chi connectivity index (χ0n) is 16.1. The Hall–Kier alpha value is -2.66. The Labute approximate surface area is 170 Å². The lowest BCUT2D eigenvalue weighted by molar-refractivity contribution is -0.147. The van der Waals surface area contributed by atoms with Gasteiger partial charge in [-0.05, 0) is 42.7 Å². The number of rotatable bonds is 9. The number of benzene rings is 2. The van der Waals surface area contributed by atoms with Crippen molar-refractivity contribution in [3.63, 3.8) is 0 Å². The molecule has 1 amide bonds. The van der Waals surface area contributed by atoms with Crippen molar-refractivity contribution in [1.82, 2.24) is 0 Å². The number of carbonyl (C=O) groups is 3. The Kier molecular flexibility index (Phi) is 8.20. The molecule has 2 rings (SSSR count). The fourth-order valence-electron chi connectivity index (χ4n) is 2.68. The van der Waals surface area contributed by atoms with Crippen LogP contribution in [0.25, 0.3) is 0 Å². The summed E-state index contributed by atoms with van der Waals surface area (Å²) in [5.74, 6) is -1.16. The second-order valence-corrected chi connectivity index (χ2v) is 6.97. The first kappa shape index (κ1) is 21.6. The number of anilines is 1. The average molecular weight is 402 g/mol. The third-order valence-electron chi connectivity index (χ3n) is 4.20. The van der Waals surface area contributed by atoms with Crippen molar-refractivity contribution in [2.24, 2.45) is 0 Å². The molecule has 0 saturated carbocycles. The van der Waals surface area contributed by atoms with Gasteiger partial charge in [-0.1, -0.05) is 49.2 Å². The molecular formula is C22H24ClNO4. The van der Waals surface area contributed by atoms with Crippen LogP contribution in [0, 0.1) is 6.92 Å². The number of amides is 1. The predicted octanol–water partition coefficient (Wildman–Crippen LogP) is 4.75. The lowest BCUT2D eigenvalue weighted by Crippen LogP contribution is -2.21. The van der Waals surface area contributed by atoms with Crippen molar-refractivity contribution in [2.75, 3.05) is 11.9 Å². The van der Waals surface area contributed by atoms with Gasteiger partial charge in [-0.15, -0.1) is 0 Å². The molecule has 6 heteroatoms. The third kappa shape index (κ3) is 6.82. The largest absolute Gasteiger partial charge is 0.456 e. The van der Waals surface area contributed by atoms with Gasteiger partial charge >= 0.3 is 5.97 Å². The third-order valence-corrected chi connectivity index (χ3v) is 4.43. The number of ketones is 1. The second kappa shape index (κ2) is 10.6. The van der Waals surface area contributed by atoms with E-state index in [0.29, 0.717) is 16.3 Å². The first-order valence-corrected chi connectivity index (χ1v) is 9.60. The minimum atomic E-state index is -0.584. The molecule has 2 aromatic carbocycles. The number of aryl methyl sites for hydroxylation is 2. The topological polar surface area (TPSA) is 72.5 Å². The lowest BCUT2D eigenvalue weighted by Gasteiger charge is -2.09. The summed E-state index contributed by atoms with van der Waals surface area (Å²) in [5, 5.41) is 3.23. The molecule has 5 nitrogen and oxygen atoms in total. The second-order valence-electron chi connectivity index (χ2n) is 6.54. The summed E-state index contributed by atoms with van der Waals surface area (Å²) >= 11 is 5.87. The molecule has 148 valence electrons. The van der Waals surface area contributed by atoms with Crippen LogP contribution in [0.2, 0.25) is 5.02 Å². The maximum Gasteiger partial charge on any atom is 0.306 e. The van der Waals surface area contributed by atoms with Crippen molar-refractivity contribution in [3.8, 4) is 0 Å². The van der Waals surface area contributed by atoms with E-state index < -0.39 is 18.5 Å². The Morgan fingerprint density at radius 3 is 2.39 bits per heavy atom. The molecule has 28 heavy (non-hydrogen) atoms. The SMILES string of the molecule is CCCc1ccc(C(=O)CCC(=O)OCC(=O)Nc2ccc(Cl)cc2C)cc1. The van der Waals surface area contributed by atoms with Gasteiger partial charge in [0.05, 0.1) is 6.42 Å². The minimum absolute atomic E-state index is 0.0455. The number of ether oxygens (including phenoxy) is 1. The van der Waals surface area contributed by atoms with E-state index in [2.05, 4.69) is 12.2 Å². The summed E-state index contributed by atoms with van der Waals surface area (Å²) in [6.07, 6.45) is 2.00. The zero-order valence-corrected chi connectivity index (χ0v) is 16.8. The number of carbonyl (C=O) groups excluding carboxylic acids is 3. The van der Waals surface area contributed by atoms with E-state index >= 15 is 0 Å². The summed E-state index contributed by atoms with van der Waals surface area (Å²) in [4.78, 5) is 35.9. The summed E-state index contributed by atoms with van der Waals surface area (Å²) in [6.45, 7) is 3.51. The fourth-order valence-corrected chi connectivity index (χ4v) is 2.90. The fraction of sp³-hybridized carbons (Fsp3) is 0.318. The zero-order chi connectivity index (χ0) is 20.5. The van der Waals surface area contributed by atoms with E-state index in [1.165, 1.54) is 5.56 Å². The summed E-state index contributed by atoms with van der Waals surface area (Å²) < 4.78 is 4.95. The number of esters is 1. The van der Waals surface area contributed by atoms with Crippen molar-refractivity contribution < 1.29 is 19.1 Å². The van der Waals surface area contributed by atoms with Crippen LogP contribution in [-0.4, -0.2) is 24.3 Å². The van der Waals surface area contributed by atoms with Crippen LogP contribution in [0.5, 0.6) is 0 Å². The van der Waals surface area contributed by atoms with Crippen molar-refractivity contribution >= 4 is 34.9 Å². The van der Waals surface area contributed by atoms with Crippen LogP contribution in [0.4, 0.5) is 5.69 Å². The van der Waals surface area contributed by atoms with Crippen LogP contribution >= 0.6 is 11.6 Å². The first-order valence-electron chi connectivity index (χ1n) is 9.22. The smallest absolute Gasteiger partial charge is 0.306 e. The average Bonchev–Trinajstić information content (AvgIpc) is 2.67. The van der Waals surface area contributed by atoms with Gasteiger partial charge in [-0.2, -0.15) is 0 Å². The number of hydrogen-bond acceptors (Lipinski definition) is 4. The molecule has 0 aliphatic rings. The molecular weight excluding hydrogens is 378 g/mol. The highest BCUT2D eigenvalue weighted by Gasteiger charge is 2.12. The molecule has 0 atom stereocenters. The molecule has 0 saturated heterocycles. The molecule has 0 radical (unpaired) electrons. The van der Waals surface area contributed by atoms with Gasteiger partial charge in [0, 0.05) is 22.7 Å². The highest BCUT2D eigenvalue weighted by atomic mass is 35.5. The van der Waals surface area contributed by atoms with Gasteiger partial charge in [0.15, 0.2) is 12.4 Å². The summed E-state index contributed by atoms with van der Waals surface area (Å²) in [5.41, 5.74) is 3.17. The van der Waals surface area contributed by atoms with Crippen LogP contribution < -0.4 is 5.32 Å². The van der Waals surface area contributed by atoms with E-state index in [1.54, 1.807) is 30.3 Å². The number of Topliss-reactive ketones (excluding diaryl/α,β-unsaturated/α-hetero) is 1. The maximum atomic E-state index is 12.2. The summed E-state index contributed by atoms with van der Waals surface area (Å²) in [6, 6.07) is 12.5. The van der Waals surface area contributed by atoms with Gasteiger partial charge in [-0.25, -0.2) is 0 Å². The molecule has 0 aliphatic heterocycles. The van der Waals surface area contributed by atoms with Gasteiger partial charge in [0.25, 0.3) is 5.91 Å².